The Hall–Kier alpha value is -1.07. The molecule has 0 aromatic carbocycles. The fraction of sp³-hybridized carbons (Fsp3) is 0.400. The molecule has 0 saturated carbocycles. The first-order chi connectivity index (χ1) is 7.24. The smallest absolute Gasteiger partial charge is 0.235 e. The minimum Gasteiger partial charge on any atom is -0.390 e. The van der Waals surface area contributed by atoms with Gasteiger partial charge in [-0.2, -0.15) is 0 Å². The Morgan fingerprint density at radius 3 is 3.13 bits per heavy atom. The number of thioether (sulfide) groups is 1. The number of rotatable bonds is 2. The lowest BCUT2D eigenvalue weighted by atomic mass is 10.1. The number of hydrogen-bond donors (Lipinski definition) is 2. The molecule has 1 amide bonds. The molecule has 1 aliphatic rings. The zero-order valence-corrected chi connectivity index (χ0v) is 9.23. The molecule has 0 bridgehead atoms. The van der Waals surface area contributed by atoms with E-state index in [-0.39, 0.29) is 12.5 Å². The van der Waals surface area contributed by atoms with Gasteiger partial charge in [-0.15, -0.1) is 11.8 Å². The van der Waals surface area contributed by atoms with Gasteiger partial charge >= 0.3 is 0 Å². The van der Waals surface area contributed by atoms with Crippen molar-refractivity contribution in [2.75, 3.05) is 11.1 Å². The predicted octanol–water partition coefficient (Wildman–Crippen LogP) is 1.18. The number of nitrogens with one attached hydrogen (secondary N) is 1. The summed E-state index contributed by atoms with van der Waals surface area (Å²) < 4.78 is 0. The lowest BCUT2D eigenvalue weighted by molar-refractivity contribution is -0.113. The quantitative estimate of drug-likeness (QED) is 0.792. The fourth-order valence-corrected chi connectivity index (χ4v) is 2.34. The van der Waals surface area contributed by atoms with Gasteiger partial charge in [0.25, 0.3) is 0 Å². The molecular formula is C10H12N2O2S. The Morgan fingerprint density at radius 1 is 1.67 bits per heavy atom. The van der Waals surface area contributed by atoms with Crippen LogP contribution in [0.25, 0.3) is 0 Å². The third-order valence-corrected chi connectivity index (χ3v) is 3.33. The van der Waals surface area contributed by atoms with Crippen molar-refractivity contribution in [1.29, 1.82) is 0 Å². The molecule has 1 aliphatic heterocycles. The molecule has 0 radical (unpaired) electrons. The summed E-state index contributed by atoms with van der Waals surface area (Å²) in [4.78, 5) is 16.4. The zero-order valence-electron chi connectivity index (χ0n) is 8.41. The van der Waals surface area contributed by atoms with E-state index < -0.39 is 0 Å². The van der Waals surface area contributed by atoms with E-state index in [0.717, 1.165) is 16.9 Å². The molecule has 0 atom stereocenters. The standard InChI is InChI=1S/C10H12N2O2S/c1-2-6-3-8-10(11-7(6)4-13)12-9(14)5-15-8/h3,13H,2,4-5H2,1H3,(H,11,12,14). The zero-order chi connectivity index (χ0) is 10.8. The highest BCUT2D eigenvalue weighted by Gasteiger charge is 2.18. The van der Waals surface area contributed by atoms with E-state index in [2.05, 4.69) is 10.3 Å². The maximum Gasteiger partial charge on any atom is 0.235 e. The van der Waals surface area contributed by atoms with E-state index in [9.17, 15) is 4.79 Å². The number of carbonyl (C=O) groups excluding carboxylic acids is 1. The number of carbonyl (C=O) groups is 1. The fourth-order valence-electron chi connectivity index (χ4n) is 1.53. The summed E-state index contributed by atoms with van der Waals surface area (Å²) in [5.41, 5.74) is 1.69. The summed E-state index contributed by atoms with van der Waals surface area (Å²) in [5, 5.41) is 11.8. The number of aryl methyl sites for hydroxylation is 1. The van der Waals surface area contributed by atoms with Gasteiger partial charge in [-0.05, 0) is 18.1 Å². The van der Waals surface area contributed by atoms with Crippen molar-refractivity contribution in [2.45, 2.75) is 24.8 Å². The van der Waals surface area contributed by atoms with Crippen LogP contribution in [-0.2, 0) is 17.8 Å². The molecule has 0 spiro atoms. The summed E-state index contributed by atoms with van der Waals surface area (Å²) in [7, 11) is 0. The summed E-state index contributed by atoms with van der Waals surface area (Å²) >= 11 is 1.49. The highest BCUT2D eigenvalue weighted by atomic mass is 32.2. The SMILES string of the molecule is CCc1cc2c(nc1CO)NC(=O)CS2. The maximum atomic E-state index is 11.1. The van der Waals surface area contributed by atoms with Gasteiger partial charge in [0.1, 0.15) is 5.82 Å². The van der Waals surface area contributed by atoms with Gasteiger partial charge in [-0.25, -0.2) is 4.98 Å². The highest BCUT2D eigenvalue weighted by molar-refractivity contribution is 8.00. The molecule has 5 heteroatoms. The molecule has 80 valence electrons. The number of hydrogen-bond acceptors (Lipinski definition) is 4. The maximum absolute atomic E-state index is 11.1. The van der Waals surface area contributed by atoms with E-state index in [1.54, 1.807) is 0 Å². The predicted molar refractivity (Wildman–Crippen MR) is 58.9 cm³/mol. The van der Waals surface area contributed by atoms with E-state index in [4.69, 9.17) is 5.11 Å². The van der Waals surface area contributed by atoms with Gasteiger partial charge in [0.05, 0.1) is 22.9 Å². The second kappa shape index (κ2) is 4.20. The van der Waals surface area contributed by atoms with Crippen molar-refractivity contribution >= 4 is 23.5 Å². The Balaban J connectivity index is 2.45. The normalized spacial score (nSPS) is 14.7. The minimum atomic E-state index is -0.0863. The van der Waals surface area contributed by atoms with E-state index in [1.807, 2.05) is 13.0 Å². The average molecular weight is 224 g/mol. The summed E-state index contributed by atoms with van der Waals surface area (Å²) in [6.07, 6.45) is 0.838. The Labute approximate surface area is 92.1 Å². The highest BCUT2D eigenvalue weighted by Crippen LogP contribution is 2.31. The van der Waals surface area contributed by atoms with Crippen molar-refractivity contribution < 1.29 is 9.90 Å². The Morgan fingerprint density at radius 2 is 2.47 bits per heavy atom. The molecule has 2 heterocycles. The molecule has 1 aromatic heterocycles. The van der Waals surface area contributed by atoms with Crippen LogP contribution in [0, 0.1) is 0 Å². The monoisotopic (exact) mass is 224 g/mol. The number of aliphatic hydroxyl groups excluding tert-OH is 1. The van der Waals surface area contributed by atoms with Crippen LogP contribution in [0.2, 0.25) is 0 Å². The van der Waals surface area contributed by atoms with Gasteiger partial charge in [0.2, 0.25) is 5.91 Å². The first kappa shape index (κ1) is 10.4. The third kappa shape index (κ3) is 1.98. The lowest BCUT2D eigenvalue weighted by Crippen LogP contribution is -2.20. The topological polar surface area (TPSA) is 62.2 Å². The van der Waals surface area contributed by atoms with Gasteiger partial charge in [-0.1, -0.05) is 6.92 Å². The van der Waals surface area contributed by atoms with Gasteiger partial charge in [0.15, 0.2) is 0 Å². The number of fused-ring (bicyclic) bond motifs is 1. The van der Waals surface area contributed by atoms with Crippen LogP contribution in [0.15, 0.2) is 11.0 Å². The Bertz CT molecular complexity index is 407. The number of aliphatic hydroxyl groups is 1. The largest absolute Gasteiger partial charge is 0.390 e. The molecule has 1 aromatic rings. The van der Waals surface area contributed by atoms with Gasteiger partial charge in [0, 0.05) is 0 Å². The molecule has 0 fully saturated rings. The molecule has 0 unspecified atom stereocenters. The number of aromatic nitrogens is 1. The molecule has 15 heavy (non-hydrogen) atoms. The van der Waals surface area contributed by atoms with Crippen LogP contribution in [-0.4, -0.2) is 21.8 Å². The van der Waals surface area contributed by atoms with E-state index >= 15 is 0 Å². The van der Waals surface area contributed by atoms with Crippen LogP contribution >= 0.6 is 11.8 Å². The number of anilines is 1. The number of pyridine rings is 1. The van der Waals surface area contributed by atoms with E-state index in [1.165, 1.54) is 11.8 Å². The molecular weight excluding hydrogens is 212 g/mol. The molecule has 0 saturated heterocycles. The second-order valence-electron chi connectivity index (χ2n) is 3.29. The van der Waals surface area contributed by atoms with Crippen LogP contribution in [0.5, 0.6) is 0 Å². The molecule has 0 aliphatic carbocycles. The minimum absolute atomic E-state index is 0.0341. The molecule has 4 nitrogen and oxygen atoms in total. The van der Waals surface area contributed by atoms with Gasteiger partial charge in [-0.3, -0.25) is 4.79 Å². The van der Waals surface area contributed by atoms with Crippen molar-refractivity contribution in [3.8, 4) is 0 Å². The summed E-state index contributed by atoms with van der Waals surface area (Å²) in [6.45, 7) is 1.94. The van der Waals surface area contributed by atoms with Crippen molar-refractivity contribution in [1.82, 2.24) is 4.98 Å². The van der Waals surface area contributed by atoms with Crippen LogP contribution in [0.4, 0.5) is 5.82 Å². The van der Waals surface area contributed by atoms with Crippen LogP contribution in [0.1, 0.15) is 18.2 Å². The summed E-state index contributed by atoms with van der Waals surface area (Å²) in [6, 6.07) is 2.00. The van der Waals surface area contributed by atoms with Crippen molar-refractivity contribution in [3.05, 3.63) is 17.3 Å². The van der Waals surface area contributed by atoms with Crippen LogP contribution < -0.4 is 5.32 Å². The average Bonchev–Trinajstić information content (AvgIpc) is 2.27. The van der Waals surface area contributed by atoms with Crippen LogP contribution in [0.3, 0.4) is 0 Å². The number of nitrogens with zero attached hydrogens (tertiary/aromatic N) is 1. The molecule has 2 N–H and O–H groups in total. The third-order valence-electron chi connectivity index (χ3n) is 2.30. The van der Waals surface area contributed by atoms with Gasteiger partial charge < -0.3 is 10.4 Å². The Kier molecular flexibility index (Phi) is 2.93. The molecule has 2 rings (SSSR count). The summed E-state index contributed by atoms with van der Waals surface area (Å²) in [5.74, 6) is 0.988. The second-order valence-corrected chi connectivity index (χ2v) is 4.31. The number of amides is 1. The van der Waals surface area contributed by atoms with Crippen molar-refractivity contribution in [2.24, 2.45) is 0 Å². The first-order valence-corrected chi connectivity index (χ1v) is 5.79. The lowest BCUT2D eigenvalue weighted by Gasteiger charge is -2.17. The first-order valence-electron chi connectivity index (χ1n) is 4.81. The van der Waals surface area contributed by atoms with Crippen molar-refractivity contribution in [3.63, 3.8) is 0 Å². The van der Waals surface area contributed by atoms with E-state index in [0.29, 0.717) is 17.3 Å².